The molecule has 0 amide bonds. The lowest BCUT2D eigenvalue weighted by atomic mass is 10.1. The van der Waals surface area contributed by atoms with Crippen molar-refractivity contribution < 1.29 is 27.4 Å². The average molecular weight is 382 g/mol. The third-order valence-electron chi connectivity index (χ3n) is 3.68. The molecule has 0 aliphatic rings. The number of halogens is 3. The van der Waals surface area contributed by atoms with Gasteiger partial charge < -0.3 is 14.4 Å². The first-order chi connectivity index (χ1) is 12.6. The SMILES string of the molecule is CCOC(=O)[C@@H](C)Oc1ccc(-c2cc(C(F)(F)F)cc(N(C)C)n2)cc1. The number of alkyl halides is 3. The molecule has 0 spiro atoms. The van der Waals surface area contributed by atoms with Gasteiger partial charge in [-0.3, -0.25) is 0 Å². The van der Waals surface area contributed by atoms with Gasteiger partial charge in [-0.15, -0.1) is 0 Å². The quantitative estimate of drug-likeness (QED) is 0.702. The van der Waals surface area contributed by atoms with Crippen LogP contribution in [0.15, 0.2) is 36.4 Å². The van der Waals surface area contributed by atoms with Crippen molar-refractivity contribution in [3.63, 3.8) is 0 Å². The summed E-state index contributed by atoms with van der Waals surface area (Å²) in [6, 6.07) is 8.33. The van der Waals surface area contributed by atoms with E-state index in [1.165, 1.54) is 4.90 Å². The van der Waals surface area contributed by atoms with Crippen molar-refractivity contribution in [2.45, 2.75) is 26.1 Å². The molecule has 146 valence electrons. The van der Waals surface area contributed by atoms with Crippen LogP contribution in [-0.4, -0.2) is 37.8 Å². The summed E-state index contributed by atoms with van der Waals surface area (Å²) in [6.45, 7) is 3.51. The van der Waals surface area contributed by atoms with Crippen LogP contribution in [0.25, 0.3) is 11.3 Å². The molecule has 0 aliphatic heterocycles. The average Bonchev–Trinajstić information content (AvgIpc) is 2.61. The van der Waals surface area contributed by atoms with E-state index in [4.69, 9.17) is 9.47 Å². The zero-order valence-electron chi connectivity index (χ0n) is 15.5. The molecule has 1 atom stereocenters. The fraction of sp³-hybridized carbons (Fsp3) is 0.368. The van der Waals surface area contributed by atoms with Gasteiger partial charge >= 0.3 is 12.1 Å². The highest BCUT2D eigenvalue weighted by Crippen LogP contribution is 2.34. The van der Waals surface area contributed by atoms with E-state index in [9.17, 15) is 18.0 Å². The molecule has 1 aromatic carbocycles. The summed E-state index contributed by atoms with van der Waals surface area (Å²) >= 11 is 0. The number of carbonyl (C=O) groups excluding carboxylic acids is 1. The molecule has 5 nitrogen and oxygen atoms in total. The van der Waals surface area contributed by atoms with Crippen molar-refractivity contribution in [1.29, 1.82) is 0 Å². The van der Waals surface area contributed by atoms with Crippen molar-refractivity contribution in [2.24, 2.45) is 0 Å². The molecule has 2 rings (SSSR count). The minimum atomic E-state index is -4.47. The molecular formula is C19H21F3N2O3. The number of rotatable bonds is 6. The number of nitrogens with zero attached hydrogens (tertiary/aromatic N) is 2. The van der Waals surface area contributed by atoms with Gasteiger partial charge in [0, 0.05) is 19.7 Å². The molecule has 0 saturated carbocycles. The van der Waals surface area contributed by atoms with Crippen molar-refractivity contribution in [2.75, 3.05) is 25.6 Å². The predicted molar refractivity (Wildman–Crippen MR) is 95.7 cm³/mol. The molecule has 0 unspecified atom stereocenters. The molecule has 0 radical (unpaired) electrons. The van der Waals surface area contributed by atoms with Crippen LogP contribution in [-0.2, 0) is 15.7 Å². The molecule has 27 heavy (non-hydrogen) atoms. The minimum Gasteiger partial charge on any atom is -0.479 e. The standard InChI is InChI=1S/C19H21F3N2O3/c1-5-26-18(25)12(2)27-15-8-6-13(7-9-15)16-10-14(19(20,21)22)11-17(23-16)24(3)4/h6-12H,5H2,1-4H3/t12-/m1/s1. The van der Waals surface area contributed by atoms with Crippen LogP contribution in [0.1, 0.15) is 19.4 Å². The normalized spacial score (nSPS) is 12.4. The second-order valence-corrected chi connectivity index (χ2v) is 6.03. The molecule has 0 saturated heterocycles. The molecular weight excluding hydrogens is 361 g/mol. The molecule has 1 aromatic heterocycles. The maximum atomic E-state index is 13.2. The molecule has 0 N–H and O–H groups in total. The van der Waals surface area contributed by atoms with E-state index in [-0.39, 0.29) is 18.1 Å². The summed E-state index contributed by atoms with van der Waals surface area (Å²) in [6.07, 6.45) is -5.26. The number of esters is 1. The largest absolute Gasteiger partial charge is 0.479 e. The molecule has 1 heterocycles. The third-order valence-corrected chi connectivity index (χ3v) is 3.68. The third kappa shape index (κ3) is 5.35. The van der Waals surface area contributed by atoms with Gasteiger partial charge in [-0.2, -0.15) is 13.2 Å². The van der Waals surface area contributed by atoms with Crippen molar-refractivity contribution in [3.8, 4) is 17.0 Å². The number of hydrogen-bond acceptors (Lipinski definition) is 5. The Bertz CT molecular complexity index is 790. The first-order valence-corrected chi connectivity index (χ1v) is 8.32. The van der Waals surface area contributed by atoms with Crippen LogP contribution in [0, 0.1) is 0 Å². The van der Waals surface area contributed by atoms with E-state index in [0.29, 0.717) is 11.3 Å². The van der Waals surface area contributed by atoms with Crippen LogP contribution < -0.4 is 9.64 Å². The Kier molecular flexibility index (Phi) is 6.30. The van der Waals surface area contributed by atoms with Crippen LogP contribution >= 0.6 is 0 Å². The minimum absolute atomic E-state index is 0.193. The highest BCUT2D eigenvalue weighted by atomic mass is 19.4. The van der Waals surface area contributed by atoms with Gasteiger partial charge in [0.25, 0.3) is 0 Å². The Hall–Kier alpha value is -2.77. The van der Waals surface area contributed by atoms with E-state index < -0.39 is 23.8 Å². The van der Waals surface area contributed by atoms with Crippen molar-refractivity contribution >= 4 is 11.8 Å². The second kappa shape index (κ2) is 8.28. The van der Waals surface area contributed by atoms with Crippen LogP contribution in [0.3, 0.4) is 0 Å². The highest BCUT2D eigenvalue weighted by molar-refractivity contribution is 5.74. The van der Waals surface area contributed by atoms with Crippen LogP contribution in [0.5, 0.6) is 5.75 Å². The Morgan fingerprint density at radius 3 is 2.33 bits per heavy atom. The van der Waals surface area contributed by atoms with Gasteiger partial charge in [-0.05, 0) is 50.2 Å². The van der Waals surface area contributed by atoms with Crippen LogP contribution in [0.4, 0.5) is 19.0 Å². The summed E-state index contributed by atoms with van der Waals surface area (Å²) in [5.74, 6) is 0.118. The summed E-state index contributed by atoms with van der Waals surface area (Å²) in [5.41, 5.74) is -0.0775. The van der Waals surface area contributed by atoms with Gasteiger partial charge in [0.2, 0.25) is 0 Å². The van der Waals surface area contributed by atoms with Crippen molar-refractivity contribution in [3.05, 3.63) is 42.0 Å². The lowest BCUT2D eigenvalue weighted by molar-refractivity contribution is -0.150. The van der Waals surface area contributed by atoms with E-state index in [1.807, 2.05) is 0 Å². The number of pyridine rings is 1. The number of benzene rings is 1. The number of aromatic nitrogens is 1. The first-order valence-electron chi connectivity index (χ1n) is 8.32. The molecule has 8 heteroatoms. The van der Waals surface area contributed by atoms with Gasteiger partial charge in [-0.25, -0.2) is 9.78 Å². The lowest BCUT2D eigenvalue weighted by Gasteiger charge is -2.17. The first kappa shape index (κ1) is 20.5. The fourth-order valence-corrected chi connectivity index (χ4v) is 2.27. The van der Waals surface area contributed by atoms with Crippen LogP contribution in [0.2, 0.25) is 0 Å². The highest BCUT2D eigenvalue weighted by Gasteiger charge is 2.32. The second-order valence-electron chi connectivity index (χ2n) is 6.03. The Balaban J connectivity index is 2.28. The topological polar surface area (TPSA) is 51.7 Å². The molecule has 2 aromatic rings. The summed E-state index contributed by atoms with van der Waals surface area (Å²) < 4.78 is 49.8. The monoisotopic (exact) mass is 382 g/mol. The van der Waals surface area contributed by atoms with E-state index in [0.717, 1.165) is 12.1 Å². The summed E-state index contributed by atoms with van der Waals surface area (Å²) in [5, 5.41) is 0. The van der Waals surface area contributed by atoms with E-state index >= 15 is 0 Å². The van der Waals surface area contributed by atoms with Gasteiger partial charge in [0.05, 0.1) is 17.9 Å². The maximum Gasteiger partial charge on any atom is 0.416 e. The number of ether oxygens (including phenoxy) is 2. The zero-order chi connectivity index (χ0) is 20.2. The maximum absolute atomic E-state index is 13.2. The van der Waals surface area contributed by atoms with E-state index in [2.05, 4.69) is 4.98 Å². The smallest absolute Gasteiger partial charge is 0.416 e. The van der Waals surface area contributed by atoms with E-state index in [1.54, 1.807) is 52.2 Å². The molecule has 0 aliphatic carbocycles. The Morgan fingerprint density at radius 1 is 1.19 bits per heavy atom. The number of anilines is 1. The zero-order valence-corrected chi connectivity index (χ0v) is 15.5. The summed E-state index contributed by atoms with van der Waals surface area (Å²) in [7, 11) is 3.25. The Labute approximate surface area is 155 Å². The van der Waals surface area contributed by atoms with Crippen molar-refractivity contribution in [1.82, 2.24) is 4.98 Å². The lowest BCUT2D eigenvalue weighted by Crippen LogP contribution is -2.25. The van der Waals surface area contributed by atoms with Gasteiger partial charge in [-0.1, -0.05) is 0 Å². The summed E-state index contributed by atoms with van der Waals surface area (Å²) in [4.78, 5) is 17.4. The molecule has 0 bridgehead atoms. The fourth-order valence-electron chi connectivity index (χ4n) is 2.27. The number of hydrogen-bond donors (Lipinski definition) is 0. The van der Waals surface area contributed by atoms with Gasteiger partial charge in [0.1, 0.15) is 11.6 Å². The predicted octanol–water partition coefficient (Wildman–Crippen LogP) is 4.16. The Morgan fingerprint density at radius 2 is 1.81 bits per heavy atom. The van der Waals surface area contributed by atoms with Gasteiger partial charge in [0.15, 0.2) is 6.10 Å². The molecule has 0 fully saturated rings. The number of carbonyl (C=O) groups is 1.